The molecule has 17 N–H and O–H groups in total. The molecule has 410 valence electrons. The number of carbonyl (C=O) groups excluding carboxylic acids is 10. The van der Waals surface area contributed by atoms with Crippen LogP contribution in [0.3, 0.4) is 0 Å². The first kappa shape index (κ1) is 65.4. The zero-order valence-electron chi connectivity index (χ0n) is 40.5. The Morgan fingerprint density at radius 2 is 0.819 bits per heavy atom. The summed E-state index contributed by atoms with van der Waals surface area (Å²) >= 11 is 0. The Kier molecular flexibility index (Phi) is 32.2. The first-order valence-electron chi connectivity index (χ1n) is 23.1. The Balaban J connectivity index is 6.28. The van der Waals surface area contributed by atoms with Gasteiger partial charge in [-0.15, -0.1) is 0 Å². The molecule has 10 amide bonds. The standard InChI is InChI=1S/C42H72N10O20/c1-4-5-6-7-8-9-10-15-32(59)50-33(34(60)42(69)70)40(66)49-30(22-55)39(65)48-28(20-53)37(63)45-26(16-17-31(43)58)36(62)44-25(13-11-18-51(71)23(2)56)35(61)47-29(21-54)38(64)46-27(41(67)68)14-12-19-52(72)24(3)57/h25-30,33-34,53-55,60,71-72H,4-22H2,1-3H3,(H2,43,58)(H,44,62)(H,45,63)(H,46,64)(H,47,61)(H,48,65)(H,49,66)(H,50,59)(H,67,68)(H,69,70)/t25-,26-,27+,28+,29+,30-,33-,34+/m0/s1. The summed E-state index contributed by atoms with van der Waals surface area (Å²) < 4.78 is 0. The van der Waals surface area contributed by atoms with E-state index in [2.05, 4.69) is 33.5 Å². The lowest BCUT2D eigenvalue weighted by atomic mass is 10.1. The van der Waals surface area contributed by atoms with Gasteiger partial charge in [-0.1, -0.05) is 45.4 Å². The van der Waals surface area contributed by atoms with Crippen molar-refractivity contribution in [2.24, 2.45) is 5.73 Å². The second kappa shape index (κ2) is 35.5. The average Bonchev–Trinajstić information content (AvgIpc) is 3.32. The molecule has 0 radical (unpaired) electrons. The van der Waals surface area contributed by atoms with Gasteiger partial charge in [0.05, 0.1) is 19.8 Å². The fourth-order valence-corrected chi connectivity index (χ4v) is 6.41. The molecule has 0 saturated carbocycles. The van der Waals surface area contributed by atoms with Crippen LogP contribution in [0.4, 0.5) is 0 Å². The fourth-order valence-electron chi connectivity index (χ4n) is 6.41. The van der Waals surface area contributed by atoms with E-state index < -0.39 is 165 Å². The van der Waals surface area contributed by atoms with E-state index in [1.807, 2.05) is 10.6 Å². The molecule has 0 aliphatic rings. The van der Waals surface area contributed by atoms with Gasteiger partial charge in [-0.05, 0) is 38.5 Å². The number of amides is 10. The summed E-state index contributed by atoms with van der Waals surface area (Å²) in [5, 5.41) is 93.9. The van der Waals surface area contributed by atoms with Gasteiger partial charge in [0.1, 0.15) is 42.3 Å². The Bertz CT molecular complexity index is 1840. The summed E-state index contributed by atoms with van der Waals surface area (Å²) in [5.74, 6) is -14.8. The average molecular weight is 1040 g/mol. The van der Waals surface area contributed by atoms with Crippen molar-refractivity contribution in [1.29, 1.82) is 0 Å². The number of aliphatic carboxylic acids is 2. The number of hydroxylamine groups is 4. The number of rotatable bonds is 38. The highest BCUT2D eigenvalue weighted by molar-refractivity contribution is 5.98. The van der Waals surface area contributed by atoms with E-state index in [0.717, 1.165) is 46.0 Å². The van der Waals surface area contributed by atoms with E-state index >= 15 is 0 Å². The maximum absolute atomic E-state index is 13.8. The third kappa shape index (κ3) is 26.0. The third-order valence-corrected chi connectivity index (χ3v) is 10.6. The zero-order valence-corrected chi connectivity index (χ0v) is 40.5. The minimum absolute atomic E-state index is 0.121. The van der Waals surface area contributed by atoms with E-state index in [4.69, 9.17) is 5.73 Å². The molecule has 0 aromatic rings. The number of hydrogen-bond acceptors (Lipinski definition) is 18. The van der Waals surface area contributed by atoms with Crippen LogP contribution in [0, 0.1) is 0 Å². The smallest absolute Gasteiger partial charge is 0.335 e. The molecule has 30 nitrogen and oxygen atoms in total. The predicted molar refractivity (Wildman–Crippen MR) is 244 cm³/mol. The molecule has 0 aromatic heterocycles. The largest absolute Gasteiger partial charge is 0.480 e. The molecular formula is C42H72N10O20. The molecule has 0 fully saturated rings. The molecule has 0 aliphatic carbocycles. The van der Waals surface area contributed by atoms with Crippen LogP contribution in [-0.2, 0) is 57.5 Å². The van der Waals surface area contributed by atoms with Gasteiger partial charge in [0.15, 0.2) is 6.10 Å². The van der Waals surface area contributed by atoms with Crippen LogP contribution in [0.2, 0.25) is 0 Å². The Hall–Kier alpha value is -6.60. The van der Waals surface area contributed by atoms with Gasteiger partial charge in [0.2, 0.25) is 59.1 Å². The van der Waals surface area contributed by atoms with Crippen LogP contribution >= 0.6 is 0 Å². The number of carbonyl (C=O) groups is 12. The Morgan fingerprint density at radius 1 is 0.458 bits per heavy atom. The number of nitrogens with one attached hydrogen (secondary N) is 7. The van der Waals surface area contributed by atoms with Gasteiger partial charge in [-0.25, -0.2) is 19.7 Å². The lowest BCUT2D eigenvalue weighted by Gasteiger charge is -2.27. The maximum Gasteiger partial charge on any atom is 0.335 e. The minimum atomic E-state index is -2.52. The topological polar surface area (TPSA) is 483 Å². The van der Waals surface area contributed by atoms with Crippen molar-refractivity contribution >= 4 is 71.0 Å². The first-order chi connectivity index (χ1) is 33.8. The number of primary amides is 1. The number of aliphatic hydroxyl groups is 4. The summed E-state index contributed by atoms with van der Waals surface area (Å²) in [7, 11) is 0. The monoisotopic (exact) mass is 1040 g/mol. The molecule has 0 heterocycles. The summed E-state index contributed by atoms with van der Waals surface area (Å²) in [5.41, 5.74) is 5.26. The van der Waals surface area contributed by atoms with E-state index in [9.17, 15) is 98.6 Å². The number of unbranched alkanes of at least 4 members (excludes halogenated alkanes) is 6. The molecule has 30 heteroatoms. The van der Waals surface area contributed by atoms with Crippen molar-refractivity contribution in [2.75, 3.05) is 32.9 Å². The number of carboxylic acid groups (broad SMARTS) is 2. The molecule has 0 aromatic carbocycles. The van der Waals surface area contributed by atoms with Crippen molar-refractivity contribution in [1.82, 2.24) is 47.3 Å². The molecule has 0 saturated heterocycles. The van der Waals surface area contributed by atoms with Gasteiger partial charge in [0, 0.05) is 39.8 Å². The molecule has 8 atom stereocenters. The lowest BCUT2D eigenvalue weighted by molar-refractivity contribution is -0.163. The quantitative estimate of drug-likeness (QED) is 0.0156. The Morgan fingerprint density at radius 3 is 1.21 bits per heavy atom. The molecule has 0 spiro atoms. The lowest BCUT2D eigenvalue weighted by Crippen LogP contribution is -2.62. The number of carboxylic acids is 2. The number of nitrogens with two attached hydrogens (primary N) is 1. The molecule has 0 aliphatic heterocycles. The van der Waals surface area contributed by atoms with Crippen LogP contribution in [0.15, 0.2) is 0 Å². The first-order valence-corrected chi connectivity index (χ1v) is 23.1. The Labute approximate surface area is 414 Å². The van der Waals surface area contributed by atoms with Crippen LogP contribution in [0.1, 0.15) is 111 Å². The molecule has 0 rings (SSSR count). The van der Waals surface area contributed by atoms with Crippen molar-refractivity contribution in [3.63, 3.8) is 0 Å². The van der Waals surface area contributed by atoms with Gasteiger partial charge in [0.25, 0.3) is 0 Å². The summed E-state index contributed by atoms with van der Waals surface area (Å²) in [6.45, 7) is -0.222. The van der Waals surface area contributed by atoms with E-state index in [0.29, 0.717) is 17.9 Å². The second-order valence-corrected chi connectivity index (χ2v) is 16.5. The normalized spacial score (nSPS) is 14.2. The zero-order chi connectivity index (χ0) is 55.1. The van der Waals surface area contributed by atoms with Crippen molar-refractivity contribution in [3.8, 4) is 0 Å². The summed E-state index contributed by atoms with van der Waals surface area (Å²) in [6.07, 6.45) is 0.858. The van der Waals surface area contributed by atoms with E-state index in [1.54, 1.807) is 0 Å². The predicted octanol–water partition coefficient (Wildman–Crippen LogP) is -5.67. The highest BCUT2D eigenvalue weighted by Gasteiger charge is 2.37. The molecular weight excluding hydrogens is 965 g/mol. The van der Waals surface area contributed by atoms with Crippen LogP contribution in [0.5, 0.6) is 0 Å². The maximum atomic E-state index is 13.8. The van der Waals surface area contributed by atoms with Crippen molar-refractivity contribution in [3.05, 3.63) is 0 Å². The molecule has 0 bridgehead atoms. The van der Waals surface area contributed by atoms with Crippen molar-refractivity contribution in [2.45, 2.75) is 159 Å². The number of nitrogens with zero attached hydrogens (tertiary/aromatic N) is 2. The van der Waals surface area contributed by atoms with Crippen LogP contribution in [0.25, 0.3) is 0 Å². The highest BCUT2D eigenvalue weighted by atomic mass is 16.5. The number of hydrogen-bond donors (Lipinski definition) is 16. The van der Waals surface area contributed by atoms with Gasteiger partial charge in [-0.2, -0.15) is 0 Å². The highest BCUT2D eigenvalue weighted by Crippen LogP contribution is 2.10. The van der Waals surface area contributed by atoms with E-state index in [-0.39, 0.29) is 37.3 Å². The fraction of sp³-hybridized carbons (Fsp3) is 0.714. The SMILES string of the molecule is CCCCCCCCCC(=O)N[C@H](C(=O)N[C@@H](CO)C(=O)N[C@H](CO)C(=O)N[C@@H](CCC(N)=O)C(=O)N[C@@H](CCCN(O)C(C)=O)C(=O)N[C@H](CO)C(=O)N[C@H](CCCN(O)C(C)=O)C(=O)O)[C@@H](O)C(=O)O. The minimum Gasteiger partial charge on any atom is -0.480 e. The van der Waals surface area contributed by atoms with Crippen molar-refractivity contribution < 1.29 is 98.6 Å². The van der Waals surface area contributed by atoms with Gasteiger partial charge in [-0.3, -0.25) is 58.4 Å². The number of aliphatic hydroxyl groups excluding tert-OH is 4. The molecule has 72 heavy (non-hydrogen) atoms. The van der Waals surface area contributed by atoms with Gasteiger partial charge < -0.3 is 73.6 Å². The van der Waals surface area contributed by atoms with Crippen LogP contribution < -0.4 is 43.0 Å². The molecule has 0 unspecified atom stereocenters. The summed E-state index contributed by atoms with van der Waals surface area (Å²) in [4.78, 5) is 151. The van der Waals surface area contributed by atoms with E-state index in [1.165, 1.54) is 0 Å². The van der Waals surface area contributed by atoms with Gasteiger partial charge >= 0.3 is 11.9 Å². The third-order valence-electron chi connectivity index (χ3n) is 10.6. The second-order valence-electron chi connectivity index (χ2n) is 16.5. The van der Waals surface area contributed by atoms with Crippen LogP contribution in [-0.4, -0.2) is 203 Å². The summed E-state index contributed by atoms with van der Waals surface area (Å²) in [6, 6.07) is -13.3.